The lowest BCUT2D eigenvalue weighted by Crippen LogP contribution is -1.72. The van der Waals surface area contributed by atoms with Crippen LogP contribution in [0, 0.1) is 0 Å². The second kappa shape index (κ2) is 6.34. The van der Waals surface area contributed by atoms with Crippen molar-refractivity contribution in [2.24, 2.45) is 0 Å². The molecule has 0 rings (SSSR count). The molecule has 0 atom stereocenters. The van der Waals surface area contributed by atoms with E-state index in [1.807, 2.05) is 12.2 Å². The molecule has 0 heteroatoms. The molecule has 0 nitrogen and oxygen atoms in total. The Labute approximate surface area is 64.0 Å². The van der Waals surface area contributed by atoms with Crippen LogP contribution < -0.4 is 0 Å². The van der Waals surface area contributed by atoms with Crippen molar-refractivity contribution < 1.29 is 0 Å². The number of hydrogen-bond acceptors (Lipinski definition) is 0. The van der Waals surface area contributed by atoms with Gasteiger partial charge in [0.1, 0.15) is 0 Å². The topological polar surface area (TPSA) is 0 Å². The Morgan fingerprint density at radius 2 is 2.20 bits per heavy atom. The molecule has 56 valence electrons. The lowest BCUT2D eigenvalue weighted by molar-refractivity contribution is 0.974. The van der Waals surface area contributed by atoms with Crippen LogP contribution >= 0.6 is 0 Å². The van der Waals surface area contributed by atoms with Crippen molar-refractivity contribution in [3.8, 4) is 0 Å². The molecule has 0 unspecified atom stereocenters. The van der Waals surface area contributed by atoms with E-state index >= 15 is 0 Å². The van der Waals surface area contributed by atoms with Gasteiger partial charge in [-0.1, -0.05) is 36.5 Å². The number of allylic oxidation sites excluding steroid dienone is 5. The van der Waals surface area contributed by atoms with Gasteiger partial charge in [-0.25, -0.2) is 0 Å². The van der Waals surface area contributed by atoms with E-state index in [4.69, 9.17) is 0 Å². The van der Waals surface area contributed by atoms with Crippen LogP contribution in [0.3, 0.4) is 0 Å². The second-order valence-electron chi connectivity index (χ2n) is 2.34. The first-order chi connectivity index (χ1) is 4.81. The molecular formula is C10H16. The minimum absolute atomic E-state index is 1.13. The fourth-order valence-electron chi connectivity index (χ4n) is 0.648. The van der Waals surface area contributed by atoms with E-state index in [2.05, 4.69) is 32.6 Å². The average molecular weight is 136 g/mol. The van der Waals surface area contributed by atoms with Crippen LogP contribution in [0.2, 0.25) is 0 Å². The van der Waals surface area contributed by atoms with Gasteiger partial charge in [-0.3, -0.25) is 0 Å². The molecule has 0 spiro atoms. The zero-order valence-electron chi connectivity index (χ0n) is 6.93. The van der Waals surface area contributed by atoms with Gasteiger partial charge in [0.15, 0.2) is 0 Å². The fraction of sp³-hybridized carbons (Fsp3) is 0.400. The SMILES string of the molecule is C=CC=CCCC(C)=CC. The minimum atomic E-state index is 1.13. The average Bonchev–Trinajstić information content (AvgIpc) is 1.98. The van der Waals surface area contributed by atoms with Crippen LogP contribution in [0.5, 0.6) is 0 Å². The van der Waals surface area contributed by atoms with Crippen LogP contribution in [-0.2, 0) is 0 Å². The van der Waals surface area contributed by atoms with Crippen molar-refractivity contribution in [2.45, 2.75) is 26.7 Å². The molecule has 0 amide bonds. The van der Waals surface area contributed by atoms with Gasteiger partial charge in [0.05, 0.1) is 0 Å². The van der Waals surface area contributed by atoms with E-state index < -0.39 is 0 Å². The summed E-state index contributed by atoms with van der Waals surface area (Å²) in [6.07, 6.45) is 10.4. The summed E-state index contributed by atoms with van der Waals surface area (Å²) in [5.74, 6) is 0. The number of hydrogen-bond donors (Lipinski definition) is 0. The molecule has 0 aliphatic rings. The molecule has 0 aromatic carbocycles. The van der Waals surface area contributed by atoms with Gasteiger partial charge >= 0.3 is 0 Å². The molecular weight excluding hydrogens is 120 g/mol. The van der Waals surface area contributed by atoms with Crippen LogP contribution in [0.25, 0.3) is 0 Å². The molecule has 0 aromatic rings. The van der Waals surface area contributed by atoms with E-state index in [1.54, 1.807) is 0 Å². The van der Waals surface area contributed by atoms with Crippen LogP contribution in [0.15, 0.2) is 36.5 Å². The highest BCUT2D eigenvalue weighted by molar-refractivity contribution is 5.01. The Kier molecular flexibility index (Phi) is 5.85. The Balaban J connectivity index is 3.36. The van der Waals surface area contributed by atoms with E-state index in [0.717, 1.165) is 6.42 Å². The van der Waals surface area contributed by atoms with Gasteiger partial charge in [-0.15, -0.1) is 0 Å². The smallest absolute Gasteiger partial charge is 0.0288 e. The van der Waals surface area contributed by atoms with Crippen molar-refractivity contribution in [1.82, 2.24) is 0 Å². The standard InChI is InChI=1S/C10H16/c1-4-6-7-8-9-10(3)5-2/h4-7H,1,8-9H2,2-3H3. The molecule has 0 saturated heterocycles. The maximum Gasteiger partial charge on any atom is -0.0288 e. The van der Waals surface area contributed by atoms with E-state index in [0.29, 0.717) is 0 Å². The zero-order chi connectivity index (χ0) is 7.82. The third-order valence-corrected chi connectivity index (χ3v) is 1.47. The molecule has 0 aliphatic carbocycles. The van der Waals surface area contributed by atoms with Gasteiger partial charge in [-0.05, 0) is 26.7 Å². The minimum Gasteiger partial charge on any atom is -0.0991 e. The Morgan fingerprint density at radius 1 is 1.50 bits per heavy atom. The fourth-order valence-corrected chi connectivity index (χ4v) is 0.648. The highest BCUT2D eigenvalue weighted by atomic mass is 13.9. The van der Waals surface area contributed by atoms with Gasteiger partial charge in [0.25, 0.3) is 0 Å². The third kappa shape index (κ3) is 5.36. The molecule has 0 bridgehead atoms. The summed E-state index contributed by atoms with van der Waals surface area (Å²) in [4.78, 5) is 0. The lowest BCUT2D eigenvalue weighted by atomic mass is 10.1. The summed E-state index contributed by atoms with van der Waals surface area (Å²) < 4.78 is 0. The predicted molar refractivity (Wildman–Crippen MR) is 48.0 cm³/mol. The number of rotatable bonds is 4. The second-order valence-corrected chi connectivity index (χ2v) is 2.34. The predicted octanol–water partition coefficient (Wildman–Crippen LogP) is 3.48. The maximum atomic E-state index is 3.60. The molecule has 0 N–H and O–H groups in total. The van der Waals surface area contributed by atoms with Crippen molar-refractivity contribution in [2.75, 3.05) is 0 Å². The van der Waals surface area contributed by atoms with Crippen LogP contribution in [0.1, 0.15) is 26.7 Å². The zero-order valence-corrected chi connectivity index (χ0v) is 6.93. The van der Waals surface area contributed by atoms with Crippen LogP contribution in [0.4, 0.5) is 0 Å². The molecule has 0 aromatic heterocycles. The molecule has 0 heterocycles. The highest BCUT2D eigenvalue weighted by Crippen LogP contribution is 2.03. The molecule has 0 saturated carbocycles. The lowest BCUT2D eigenvalue weighted by Gasteiger charge is -1.93. The van der Waals surface area contributed by atoms with E-state index in [1.165, 1.54) is 12.0 Å². The largest absolute Gasteiger partial charge is 0.0991 e. The first-order valence-electron chi connectivity index (χ1n) is 3.70. The summed E-state index contributed by atoms with van der Waals surface area (Å²) >= 11 is 0. The summed E-state index contributed by atoms with van der Waals surface area (Å²) in [6, 6.07) is 0. The van der Waals surface area contributed by atoms with Crippen LogP contribution in [-0.4, -0.2) is 0 Å². The summed E-state index contributed by atoms with van der Waals surface area (Å²) in [6.45, 7) is 7.83. The molecule has 10 heavy (non-hydrogen) atoms. The van der Waals surface area contributed by atoms with Gasteiger partial charge in [0.2, 0.25) is 0 Å². The molecule has 0 radical (unpaired) electrons. The first kappa shape index (κ1) is 9.22. The highest BCUT2D eigenvalue weighted by Gasteiger charge is 1.82. The summed E-state index contributed by atoms with van der Waals surface area (Å²) in [5, 5.41) is 0. The van der Waals surface area contributed by atoms with Gasteiger partial charge in [0, 0.05) is 0 Å². The molecule has 0 fully saturated rings. The Hall–Kier alpha value is -0.780. The Bertz CT molecular complexity index is 138. The normalized spacial score (nSPS) is 12.4. The van der Waals surface area contributed by atoms with Crippen molar-refractivity contribution >= 4 is 0 Å². The maximum absolute atomic E-state index is 3.60. The van der Waals surface area contributed by atoms with E-state index in [-0.39, 0.29) is 0 Å². The third-order valence-electron chi connectivity index (χ3n) is 1.47. The summed E-state index contributed by atoms with van der Waals surface area (Å²) in [7, 11) is 0. The van der Waals surface area contributed by atoms with Crippen molar-refractivity contribution in [3.63, 3.8) is 0 Å². The summed E-state index contributed by atoms with van der Waals surface area (Å²) in [5.41, 5.74) is 1.45. The van der Waals surface area contributed by atoms with Crippen molar-refractivity contribution in [3.05, 3.63) is 36.5 Å². The molecule has 0 aliphatic heterocycles. The van der Waals surface area contributed by atoms with E-state index in [9.17, 15) is 0 Å². The quantitative estimate of drug-likeness (QED) is 0.410. The van der Waals surface area contributed by atoms with Crippen molar-refractivity contribution in [1.29, 1.82) is 0 Å². The van der Waals surface area contributed by atoms with Gasteiger partial charge in [-0.2, -0.15) is 0 Å². The van der Waals surface area contributed by atoms with Gasteiger partial charge < -0.3 is 0 Å². The monoisotopic (exact) mass is 136 g/mol. The Morgan fingerprint density at radius 3 is 2.70 bits per heavy atom. The first-order valence-corrected chi connectivity index (χ1v) is 3.70.